The van der Waals surface area contributed by atoms with Crippen molar-refractivity contribution in [1.82, 2.24) is 9.80 Å². The standard InChI is InChI=1S/C18H34N2O4/c1-8-9-10-23-15(4)16(21)19-11-14(3)20(12-13(19)2)17(22)24-18(5,6)7/h13-15H,8-12H2,1-7H3/t13-,14-,15+/m0/s1. The summed E-state index contributed by atoms with van der Waals surface area (Å²) in [4.78, 5) is 28.5. The van der Waals surface area contributed by atoms with E-state index in [-0.39, 0.29) is 24.1 Å². The molecule has 1 aliphatic rings. The van der Waals surface area contributed by atoms with Crippen LogP contribution in [0.15, 0.2) is 0 Å². The number of unbranched alkanes of at least 4 members (excludes halogenated alkanes) is 1. The van der Waals surface area contributed by atoms with Crippen molar-refractivity contribution in [3.63, 3.8) is 0 Å². The summed E-state index contributed by atoms with van der Waals surface area (Å²) in [7, 11) is 0. The first-order valence-electron chi connectivity index (χ1n) is 8.98. The third-order valence-corrected chi connectivity index (χ3v) is 4.11. The number of carbonyl (C=O) groups is 2. The van der Waals surface area contributed by atoms with Gasteiger partial charge in [-0.2, -0.15) is 0 Å². The molecule has 140 valence electrons. The molecule has 1 heterocycles. The second-order valence-electron chi connectivity index (χ2n) is 7.69. The van der Waals surface area contributed by atoms with Crippen LogP contribution in [0.1, 0.15) is 61.3 Å². The molecule has 6 heteroatoms. The molecule has 0 spiro atoms. The molecule has 1 aliphatic heterocycles. The highest BCUT2D eigenvalue weighted by molar-refractivity contribution is 5.81. The van der Waals surface area contributed by atoms with Crippen molar-refractivity contribution < 1.29 is 19.1 Å². The van der Waals surface area contributed by atoms with Gasteiger partial charge < -0.3 is 19.3 Å². The van der Waals surface area contributed by atoms with E-state index in [9.17, 15) is 9.59 Å². The molecule has 24 heavy (non-hydrogen) atoms. The molecule has 0 bridgehead atoms. The molecular formula is C18H34N2O4. The number of ether oxygens (including phenoxy) is 2. The second-order valence-corrected chi connectivity index (χ2v) is 7.69. The van der Waals surface area contributed by atoms with E-state index < -0.39 is 11.7 Å². The molecule has 0 radical (unpaired) electrons. The van der Waals surface area contributed by atoms with Crippen LogP contribution in [0.5, 0.6) is 0 Å². The minimum absolute atomic E-state index is 0.00529. The van der Waals surface area contributed by atoms with Crippen molar-refractivity contribution >= 4 is 12.0 Å². The topological polar surface area (TPSA) is 59.1 Å². The number of amides is 2. The van der Waals surface area contributed by atoms with E-state index in [1.54, 1.807) is 11.8 Å². The van der Waals surface area contributed by atoms with E-state index in [0.717, 1.165) is 12.8 Å². The Hall–Kier alpha value is -1.30. The molecule has 1 rings (SSSR count). The van der Waals surface area contributed by atoms with Crippen LogP contribution in [0.4, 0.5) is 4.79 Å². The lowest BCUT2D eigenvalue weighted by atomic mass is 10.1. The zero-order chi connectivity index (χ0) is 18.5. The maximum Gasteiger partial charge on any atom is 0.410 e. The van der Waals surface area contributed by atoms with Crippen LogP contribution in [0.2, 0.25) is 0 Å². The van der Waals surface area contributed by atoms with Crippen molar-refractivity contribution in [3.05, 3.63) is 0 Å². The average molecular weight is 342 g/mol. The summed E-state index contributed by atoms with van der Waals surface area (Å²) in [5.74, 6) is -0.00529. The number of carbonyl (C=O) groups excluding carboxylic acids is 2. The van der Waals surface area contributed by atoms with E-state index in [2.05, 4.69) is 6.92 Å². The van der Waals surface area contributed by atoms with Crippen LogP contribution in [0, 0.1) is 0 Å². The maximum atomic E-state index is 12.6. The minimum atomic E-state index is -0.519. The number of nitrogens with zero attached hydrogens (tertiary/aromatic N) is 2. The molecule has 0 N–H and O–H groups in total. The lowest BCUT2D eigenvalue weighted by molar-refractivity contribution is -0.148. The Balaban J connectivity index is 2.64. The fourth-order valence-electron chi connectivity index (χ4n) is 2.72. The van der Waals surface area contributed by atoms with Crippen molar-refractivity contribution in [2.24, 2.45) is 0 Å². The number of hydrogen-bond acceptors (Lipinski definition) is 4. The summed E-state index contributed by atoms with van der Waals surface area (Å²) >= 11 is 0. The van der Waals surface area contributed by atoms with Crippen LogP contribution < -0.4 is 0 Å². The van der Waals surface area contributed by atoms with Gasteiger partial charge in [0.1, 0.15) is 11.7 Å². The second kappa shape index (κ2) is 8.70. The fraction of sp³-hybridized carbons (Fsp3) is 0.889. The third kappa shape index (κ3) is 5.96. The molecule has 2 amide bonds. The summed E-state index contributed by atoms with van der Waals surface area (Å²) in [5.41, 5.74) is -0.519. The van der Waals surface area contributed by atoms with Crippen LogP contribution in [-0.4, -0.2) is 65.3 Å². The third-order valence-electron chi connectivity index (χ3n) is 4.11. The van der Waals surface area contributed by atoms with Gasteiger partial charge in [0.05, 0.1) is 0 Å². The molecule has 0 aliphatic carbocycles. The normalized spacial score (nSPS) is 23.1. The van der Waals surface area contributed by atoms with Crippen LogP contribution in [-0.2, 0) is 14.3 Å². The first kappa shape index (κ1) is 20.7. The predicted octanol–water partition coefficient (Wildman–Crippen LogP) is 3.05. The quantitative estimate of drug-likeness (QED) is 0.721. The van der Waals surface area contributed by atoms with E-state index in [1.807, 2.05) is 39.5 Å². The van der Waals surface area contributed by atoms with Crippen molar-refractivity contribution in [2.45, 2.75) is 85.1 Å². The van der Waals surface area contributed by atoms with E-state index in [0.29, 0.717) is 19.7 Å². The van der Waals surface area contributed by atoms with E-state index >= 15 is 0 Å². The summed E-state index contributed by atoms with van der Waals surface area (Å²) in [5, 5.41) is 0. The summed E-state index contributed by atoms with van der Waals surface area (Å²) in [6.07, 6.45) is 1.24. The van der Waals surface area contributed by atoms with Crippen molar-refractivity contribution in [3.8, 4) is 0 Å². The Morgan fingerprint density at radius 1 is 1.12 bits per heavy atom. The van der Waals surface area contributed by atoms with Gasteiger partial charge in [-0.1, -0.05) is 13.3 Å². The largest absolute Gasteiger partial charge is 0.444 e. The Bertz CT molecular complexity index is 433. The first-order valence-corrected chi connectivity index (χ1v) is 8.98. The summed E-state index contributed by atoms with van der Waals surface area (Å²) < 4.78 is 11.1. The predicted molar refractivity (Wildman–Crippen MR) is 93.9 cm³/mol. The first-order chi connectivity index (χ1) is 11.1. The van der Waals surface area contributed by atoms with Gasteiger partial charge in [-0.05, 0) is 48.0 Å². The van der Waals surface area contributed by atoms with E-state index in [4.69, 9.17) is 9.47 Å². The lowest BCUT2D eigenvalue weighted by Gasteiger charge is -2.44. The molecule has 1 saturated heterocycles. The van der Waals surface area contributed by atoms with Gasteiger partial charge >= 0.3 is 6.09 Å². The SMILES string of the molecule is CCCCO[C@H](C)C(=O)N1C[C@H](C)N(C(=O)OC(C)(C)C)C[C@@H]1C. The summed E-state index contributed by atoms with van der Waals surface area (Å²) in [6, 6.07) is -0.138. The number of rotatable bonds is 5. The van der Waals surface area contributed by atoms with Gasteiger partial charge in [0.15, 0.2) is 0 Å². The van der Waals surface area contributed by atoms with Crippen LogP contribution in [0.3, 0.4) is 0 Å². The highest BCUT2D eigenvalue weighted by atomic mass is 16.6. The maximum absolute atomic E-state index is 12.6. The fourth-order valence-corrected chi connectivity index (χ4v) is 2.72. The van der Waals surface area contributed by atoms with Gasteiger partial charge in [-0.15, -0.1) is 0 Å². The van der Waals surface area contributed by atoms with Gasteiger partial charge in [0, 0.05) is 31.8 Å². The molecule has 0 saturated carbocycles. The Kier molecular flexibility index (Phi) is 7.52. The lowest BCUT2D eigenvalue weighted by Crippen LogP contribution is -2.61. The molecule has 0 aromatic carbocycles. The molecular weight excluding hydrogens is 308 g/mol. The molecule has 0 aromatic heterocycles. The van der Waals surface area contributed by atoms with Crippen molar-refractivity contribution in [2.75, 3.05) is 19.7 Å². The van der Waals surface area contributed by atoms with Crippen LogP contribution >= 0.6 is 0 Å². The zero-order valence-corrected chi connectivity index (χ0v) is 16.3. The van der Waals surface area contributed by atoms with Gasteiger partial charge in [0.2, 0.25) is 0 Å². The average Bonchev–Trinajstić information content (AvgIpc) is 2.46. The smallest absolute Gasteiger partial charge is 0.410 e. The van der Waals surface area contributed by atoms with Gasteiger partial charge in [-0.25, -0.2) is 4.79 Å². The van der Waals surface area contributed by atoms with E-state index in [1.165, 1.54) is 0 Å². The molecule has 3 atom stereocenters. The molecule has 0 aromatic rings. The molecule has 1 fully saturated rings. The highest BCUT2D eigenvalue weighted by Gasteiger charge is 2.37. The monoisotopic (exact) mass is 342 g/mol. The number of hydrogen-bond donors (Lipinski definition) is 0. The molecule has 0 unspecified atom stereocenters. The summed E-state index contributed by atoms with van der Waals surface area (Å²) in [6.45, 7) is 14.9. The van der Waals surface area contributed by atoms with Crippen molar-refractivity contribution in [1.29, 1.82) is 0 Å². The number of piperazine rings is 1. The zero-order valence-electron chi connectivity index (χ0n) is 16.3. The van der Waals surface area contributed by atoms with Crippen LogP contribution in [0.25, 0.3) is 0 Å². The highest BCUT2D eigenvalue weighted by Crippen LogP contribution is 2.20. The minimum Gasteiger partial charge on any atom is -0.444 e. The van der Waals surface area contributed by atoms with Gasteiger partial charge in [-0.3, -0.25) is 4.79 Å². The Morgan fingerprint density at radius 3 is 2.21 bits per heavy atom. The van der Waals surface area contributed by atoms with Gasteiger partial charge in [0.25, 0.3) is 5.91 Å². The molecule has 6 nitrogen and oxygen atoms in total. The Morgan fingerprint density at radius 2 is 1.67 bits per heavy atom. The Labute approximate surface area is 146 Å².